The van der Waals surface area contributed by atoms with Crippen LogP contribution in [0, 0.1) is 18.6 Å². The van der Waals surface area contributed by atoms with Gasteiger partial charge in [-0.2, -0.15) is 0 Å². The van der Waals surface area contributed by atoms with Crippen LogP contribution in [0.5, 0.6) is 0 Å². The van der Waals surface area contributed by atoms with Gasteiger partial charge < -0.3 is 4.98 Å². The lowest BCUT2D eigenvalue weighted by molar-refractivity contribution is 0.607. The van der Waals surface area contributed by atoms with E-state index in [2.05, 4.69) is 9.71 Å². The molecule has 0 bridgehead atoms. The van der Waals surface area contributed by atoms with Crippen molar-refractivity contribution in [3.05, 3.63) is 76.9 Å². The second-order valence-corrected chi connectivity index (χ2v) is 9.46. The summed E-state index contributed by atoms with van der Waals surface area (Å²) in [5.41, 5.74) is 5.79. The predicted octanol–water partition coefficient (Wildman–Crippen LogP) is 5.36. The van der Waals surface area contributed by atoms with Crippen LogP contribution in [-0.2, 0) is 16.4 Å². The van der Waals surface area contributed by atoms with Crippen molar-refractivity contribution in [3.8, 4) is 22.4 Å². The van der Waals surface area contributed by atoms with E-state index in [1.54, 1.807) is 43.3 Å². The van der Waals surface area contributed by atoms with Gasteiger partial charge >= 0.3 is 0 Å². The Kier molecular flexibility index (Phi) is 4.02. The summed E-state index contributed by atoms with van der Waals surface area (Å²) in [6, 6.07) is 13.4. The largest absolute Gasteiger partial charge is 0.354 e. The van der Waals surface area contributed by atoms with Crippen molar-refractivity contribution in [1.29, 1.82) is 0 Å². The number of benzene rings is 3. The van der Waals surface area contributed by atoms with Crippen molar-refractivity contribution in [3.63, 3.8) is 0 Å². The number of sulfonamides is 1. The Hall–Kier alpha value is -3.19. The summed E-state index contributed by atoms with van der Waals surface area (Å²) in [5, 5.41) is 0.855. The number of rotatable bonds is 3. The number of aromatic nitrogens is 1. The van der Waals surface area contributed by atoms with E-state index in [-0.39, 0.29) is 11.6 Å². The van der Waals surface area contributed by atoms with Gasteiger partial charge in [-0.15, -0.1) is 0 Å². The van der Waals surface area contributed by atoms with Crippen molar-refractivity contribution in [1.82, 2.24) is 4.98 Å². The fourth-order valence-electron chi connectivity index (χ4n) is 4.18. The van der Waals surface area contributed by atoms with Crippen molar-refractivity contribution in [2.24, 2.45) is 0 Å². The van der Waals surface area contributed by atoms with Crippen LogP contribution in [-0.4, -0.2) is 19.7 Å². The van der Waals surface area contributed by atoms with Crippen LogP contribution in [0.2, 0.25) is 0 Å². The summed E-state index contributed by atoms with van der Waals surface area (Å²) in [5.74, 6) is -0.671. The minimum absolute atomic E-state index is 0.322. The molecule has 0 amide bonds. The van der Waals surface area contributed by atoms with Gasteiger partial charge in [0.25, 0.3) is 0 Å². The Labute approximate surface area is 172 Å². The predicted molar refractivity (Wildman–Crippen MR) is 115 cm³/mol. The normalized spacial score (nSPS) is 12.8. The second-order valence-electron chi connectivity index (χ2n) is 7.72. The fourth-order valence-corrected chi connectivity index (χ4v) is 4.74. The maximum atomic E-state index is 15.6. The molecule has 30 heavy (non-hydrogen) atoms. The topological polar surface area (TPSA) is 62.0 Å². The van der Waals surface area contributed by atoms with Gasteiger partial charge in [0.2, 0.25) is 10.0 Å². The molecule has 1 heterocycles. The highest BCUT2D eigenvalue weighted by molar-refractivity contribution is 7.92. The first-order valence-corrected chi connectivity index (χ1v) is 11.3. The van der Waals surface area contributed by atoms with Gasteiger partial charge in [0.1, 0.15) is 11.6 Å². The maximum absolute atomic E-state index is 15.6. The van der Waals surface area contributed by atoms with E-state index in [1.165, 1.54) is 6.07 Å². The average molecular weight is 424 g/mol. The molecule has 4 nitrogen and oxygen atoms in total. The van der Waals surface area contributed by atoms with Gasteiger partial charge in [-0.25, -0.2) is 17.2 Å². The first kappa shape index (κ1) is 18.8. The van der Waals surface area contributed by atoms with Crippen molar-refractivity contribution >= 4 is 26.6 Å². The molecule has 0 aliphatic heterocycles. The monoisotopic (exact) mass is 424 g/mol. The van der Waals surface area contributed by atoms with E-state index >= 15 is 4.39 Å². The van der Waals surface area contributed by atoms with E-state index in [9.17, 15) is 12.8 Å². The third kappa shape index (κ3) is 2.97. The summed E-state index contributed by atoms with van der Waals surface area (Å²) in [6.07, 6.45) is 1.65. The molecule has 0 unspecified atom stereocenters. The Balaban J connectivity index is 1.66. The van der Waals surface area contributed by atoms with Gasteiger partial charge in [-0.3, -0.25) is 4.72 Å². The van der Waals surface area contributed by atoms with Crippen LogP contribution in [0.15, 0.2) is 48.5 Å². The summed E-state index contributed by atoms with van der Waals surface area (Å²) in [7, 11) is -3.39. The highest BCUT2D eigenvalue weighted by Gasteiger charge is 2.28. The van der Waals surface area contributed by atoms with Gasteiger partial charge in [0.05, 0.1) is 11.9 Å². The van der Waals surface area contributed by atoms with Crippen LogP contribution < -0.4 is 4.72 Å². The van der Waals surface area contributed by atoms with Gasteiger partial charge in [-0.05, 0) is 59.5 Å². The number of aromatic amines is 1. The highest BCUT2D eigenvalue weighted by atomic mass is 32.2. The zero-order valence-electron chi connectivity index (χ0n) is 16.3. The van der Waals surface area contributed by atoms with E-state index in [0.717, 1.165) is 28.3 Å². The van der Waals surface area contributed by atoms with E-state index < -0.39 is 10.0 Å². The van der Waals surface area contributed by atoms with Crippen LogP contribution in [0.4, 0.5) is 14.5 Å². The van der Waals surface area contributed by atoms with Crippen LogP contribution in [0.3, 0.4) is 0 Å². The lowest BCUT2D eigenvalue weighted by Gasteiger charge is -2.10. The number of nitrogens with one attached hydrogen (secondary N) is 2. The van der Waals surface area contributed by atoms with Crippen molar-refractivity contribution in [2.75, 3.05) is 11.0 Å². The maximum Gasteiger partial charge on any atom is 0.229 e. The minimum atomic E-state index is -3.39. The molecule has 1 aromatic heterocycles. The van der Waals surface area contributed by atoms with E-state index in [0.29, 0.717) is 40.1 Å². The second kappa shape index (κ2) is 6.40. The molecule has 0 saturated heterocycles. The van der Waals surface area contributed by atoms with Crippen LogP contribution in [0.1, 0.15) is 16.7 Å². The first-order chi connectivity index (χ1) is 14.2. The van der Waals surface area contributed by atoms with Gasteiger partial charge in [0, 0.05) is 34.1 Å². The summed E-state index contributed by atoms with van der Waals surface area (Å²) in [6.45, 7) is 1.65. The summed E-state index contributed by atoms with van der Waals surface area (Å²) < 4.78 is 54.8. The molecule has 0 radical (unpaired) electrons. The lowest BCUT2D eigenvalue weighted by Crippen LogP contribution is -2.09. The standard InChI is InChI=1S/C23H18F2N2O2S/c1-12-9-13(4-7-19(12)24)16-6-3-14-10-18-17-11-15(27-30(2,28)29)5-8-20(17)26-23(18)21(14)22(16)25/h3-9,11,26-27H,10H2,1-2H3. The molecule has 152 valence electrons. The molecular weight excluding hydrogens is 406 g/mol. The molecule has 7 heteroatoms. The zero-order valence-corrected chi connectivity index (χ0v) is 17.1. The Morgan fingerprint density at radius 1 is 1.03 bits per heavy atom. The Bertz CT molecular complexity index is 1460. The van der Waals surface area contributed by atoms with Crippen LogP contribution in [0.25, 0.3) is 33.3 Å². The molecule has 0 fully saturated rings. The number of hydrogen-bond acceptors (Lipinski definition) is 2. The molecule has 1 aliphatic rings. The quantitative estimate of drug-likeness (QED) is 0.409. The number of aryl methyl sites for hydroxylation is 1. The number of fused-ring (bicyclic) bond motifs is 5. The fraction of sp³-hybridized carbons (Fsp3) is 0.130. The average Bonchev–Trinajstić information content (AvgIpc) is 3.19. The Morgan fingerprint density at radius 2 is 1.83 bits per heavy atom. The zero-order chi connectivity index (χ0) is 21.2. The third-order valence-corrected chi connectivity index (χ3v) is 6.13. The first-order valence-electron chi connectivity index (χ1n) is 9.42. The minimum Gasteiger partial charge on any atom is -0.354 e. The lowest BCUT2D eigenvalue weighted by atomic mass is 9.97. The van der Waals surface area contributed by atoms with Crippen LogP contribution >= 0.6 is 0 Å². The SMILES string of the molecule is Cc1cc(-c2ccc3c(c2F)-c2[nH]c4ccc(NS(C)(=O)=O)cc4c2C3)ccc1F. The molecule has 4 aromatic rings. The molecule has 0 spiro atoms. The highest BCUT2D eigenvalue weighted by Crippen LogP contribution is 2.44. The Morgan fingerprint density at radius 3 is 2.57 bits per heavy atom. The molecule has 1 aliphatic carbocycles. The molecule has 3 aromatic carbocycles. The van der Waals surface area contributed by atoms with Gasteiger partial charge in [-0.1, -0.05) is 18.2 Å². The number of hydrogen-bond donors (Lipinski definition) is 2. The smallest absolute Gasteiger partial charge is 0.229 e. The summed E-state index contributed by atoms with van der Waals surface area (Å²) in [4.78, 5) is 3.29. The van der Waals surface area contributed by atoms with Crippen molar-refractivity contribution < 1.29 is 17.2 Å². The number of anilines is 1. The van der Waals surface area contributed by atoms with Crippen molar-refractivity contribution in [2.45, 2.75) is 13.3 Å². The van der Waals surface area contributed by atoms with E-state index in [1.807, 2.05) is 6.07 Å². The molecule has 0 atom stereocenters. The number of H-pyrrole nitrogens is 1. The molecule has 2 N–H and O–H groups in total. The molecular formula is C23H18F2N2O2S. The van der Waals surface area contributed by atoms with E-state index in [4.69, 9.17) is 0 Å². The molecule has 0 saturated carbocycles. The number of halogens is 2. The summed E-state index contributed by atoms with van der Waals surface area (Å²) >= 11 is 0. The molecule has 5 rings (SSSR count). The third-order valence-electron chi connectivity index (χ3n) is 5.52. The van der Waals surface area contributed by atoms with Gasteiger partial charge in [0.15, 0.2) is 0 Å².